The summed E-state index contributed by atoms with van der Waals surface area (Å²) in [7, 11) is 0. The number of thiophene rings is 1. The number of rotatable bonds is 6. The fourth-order valence-electron chi connectivity index (χ4n) is 2.64. The highest BCUT2D eigenvalue weighted by Gasteiger charge is 2.03. The topological polar surface area (TPSA) is 46.9 Å². The van der Waals surface area contributed by atoms with Crippen LogP contribution in [0, 0.1) is 13.8 Å². The van der Waals surface area contributed by atoms with E-state index in [0.717, 1.165) is 28.4 Å². The number of carbonyl (C=O) groups excluding carboxylic acids is 1. The van der Waals surface area contributed by atoms with Crippen LogP contribution in [0.3, 0.4) is 0 Å². The van der Waals surface area contributed by atoms with E-state index < -0.39 is 0 Å². The number of nitrogens with zero attached hydrogens (tertiary/aromatic N) is 2. The molecule has 2 heterocycles. The van der Waals surface area contributed by atoms with E-state index in [1.807, 2.05) is 47.3 Å². The molecule has 0 unspecified atom stereocenters. The summed E-state index contributed by atoms with van der Waals surface area (Å²) in [5, 5.41) is 9.41. The first kappa shape index (κ1) is 17.2. The molecule has 2 aromatic heterocycles. The average Bonchev–Trinajstić information content (AvgIpc) is 3.21. The molecule has 0 saturated carbocycles. The predicted molar refractivity (Wildman–Crippen MR) is 102 cm³/mol. The molecule has 4 nitrogen and oxygen atoms in total. The molecule has 0 bridgehead atoms. The van der Waals surface area contributed by atoms with Crippen molar-refractivity contribution in [3.63, 3.8) is 0 Å². The van der Waals surface area contributed by atoms with E-state index in [1.54, 1.807) is 17.4 Å². The van der Waals surface area contributed by atoms with Gasteiger partial charge in [-0.1, -0.05) is 30.3 Å². The average molecular weight is 351 g/mol. The Bertz CT molecular complexity index is 878. The fourth-order valence-corrected chi connectivity index (χ4v) is 3.26. The third-order valence-electron chi connectivity index (χ3n) is 3.84. The van der Waals surface area contributed by atoms with Crippen LogP contribution in [0.15, 0.2) is 53.9 Å². The second-order valence-corrected chi connectivity index (χ2v) is 6.95. The van der Waals surface area contributed by atoms with Crippen molar-refractivity contribution < 1.29 is 4.79 Å². The van der Waals surface area contributed by atoms with Crippen molar-refractivity contribution in [1.82, 2.24) is 15.1 Å². The Labute approximate surface area is 151 Å². The van der Waals surface area contributed by atoms with Gasteiger partial charge in [-0.15, -0.1) is 11.3 Å². The maximum atomic E-state index is 11.9. The lowest BCUT2D eigenvalue weighted by atomic mass is 10.1. The van der Waals surface area contributed by atoms with Gasteiger partial charge in [0.1, 0.15) is 0 Å². The molecule has 0 radical (unpaired) electrons. The molecule has 1 amide bonds. The Kier molecular flexibility index (Phi) is 5.46. The molecule has 3 rings (SSSR count). The minimum Gasteiger partial charge on any atom is -0.348 e. The Morgan fingerprint density at radius 3 is 2.76 bits per heavy atom. The number of benzene rings is 1. The van der Waals surface area contributed by atoms with Gasteiger partial charge in [0.2, 0.25) is 5.91 Å². The van der Waals surface area contributed by atoms with E-state index in [-0.39, 0.29) is 5.91 Å². The molecule has 0 aliphatic heterocycles. The maximum absolute atomic E-state index is 11.9. The smallest absolute Gasteiger partial charge is 0.244 e. The highest BCUT2D eigenvalue weighted by Crippen LogP contribution is 2.11. The van der Waals surface area contributed by atoms with Gasteiger partial charge in [-0.2, -0.15) is 5.10 Å². The SMILES string of the molecule is Cc1cc(C)n(Cc2cccc(CNC(=O)/C=C/c3cccs3)c2)n1. The lowest BCUT2D eigenvalue weighted by molar-refractivity contribution is -0.116. The molecule has 3 aromatic rings. The zero-order chi connectivity index (χ0) is 17.6. The summed E-state index contributed by atoms with van der Waals surface area (Å²) in [6, 6.07) is 14.3. The van der Waals surface area contributed by atoms with Gasteiger partial charge in [-0.3, -0.25) is 9.48 Å². The van der Waals surface area contributed by atoms with Gasteiger partial charge in [0, 0.05) is 23.2 Å². The molecule has 0 atom stereocenters. The minimum absolute atomic E-state index is 0.0858. The van der Waals surface area contributed by atoms with E-state index in [4.69, 9.17) is 0 Å². The summed E-state index contributed by atoms with van der Waals surface area (Å²) in [6.07, 6.45) is 3.41. The van der Waals surface area contributed by atoms with Crippen molar-refractivity contribution in [1.29, 1.82) is 0 Å². The number of hydrogen-bond acceptors (Lipinski definition) is 3. The van der Waals surface area contributed by atoms with Crippen molar-refractivity contribution in [2.75, 3.05) is 0 Å². The van der Waals surface area contributed by atoms with Gasteiger partial charge in [0.05, 0.1) is 12.2 Å². The predicted octanol–water partition coefficient (Wildman–Crippen LogP) is 3.94. The van der Waals surface area contributed by atoms with Crippen molar-refractivity contribution >= 4 is 23.3 Å². The Morgan fingerprint density at radius 1 is 1.20 bits per heavy atom. The van der Waals surface area contributed by atoms with Gasteiger partial charge in [0.15, 0.2) is 0 Å². The third kappa shape index (κ3) is 4.90. The number of hydrogen-bond donors (Lipinski definition) is 1. The largest absolute Gasteiger partial charge is 0.348 e. The zero-order valence-corrected chi connectivity index (χ0v) is 15.2. The second kappa shape index (κ2) is 7.94. The van der Waals surface area contributed by atoms with E-state index in [2.05, 4.69) is 35.5 Å². The number of aryl methyl sites for hydroxylation is 2. The zero-order valence-electron chi connectivity index (χ0n) is 14.4. The summed E-state index contributed by atoms with van der Waals surface area (Å²) >= 11 is 1.61. The van der Waals surface area contributed by atoms with E-state index in [0.29, 0.717) is 6.54 Å². The standard InChI is InChI=1S/C20H21N3OS/c1-15-11-16(2)23(22-15)14-18-6-3-5-17(12-18)13-21-20(24)9-8-19-7-4-10-25-19/h3-12H,13-14H2,1-2H3,(H,21,24)/b9-8+. The van der Waals surface area contributed by atoms with Crippen LogP contribution >= 0.6 is 11.3 Å². The van der Waals surface area contributed by atoms with Crippen LogP contribution in [0.4, 0.5) is 0 Å². The van der Waals surface area contributed by atoms with Crippen LogP contribution in [-0.4, -0.2) is 15.7 Å². The molecule has 25 heavy (non-hydrogen) atoms. The summed E-state index contributed by atoms with van der Waals surface area (Å²) < 4.78 is 2.00. The number of aromatic nitrogens is 2. The van der Waals surface area contributed by atoms with E-state index in [1.165, 1.54) is 5.56 Å². The van der Waals surface area contributed by atoms with Crippen molar-refractivity contribution in [2.45, 2.75) is 26.9 Å². The molecule has 1 N–H and O–H groups in total. The summed E-state index contributed by atoms with van der Waals surface area (Å²) in [4.78, 5) is 13.0. The van der Waals surface area contributed by atoms with Crippen molar-refractivity contribution in [3.8, 4) is 0 Å². The van der Waals surface area contributed by atoms with Crippen molar-refractivity contribution in [3.05, 3.63) is 81.3 Å². The lowest BCUT2D eigenvalue weighted by Gasteiger charge is -2.08. The van der Waals surface area contributed by atoms with Crippen LogP contribution in [0.5, 0.6) is 0 Å². The molecule has 0 aliphatic rings. The van der Waals surface area contributed by atoms with Gasteiger partial charge in [-0.05, 0) is 48.6 Å². The summed E-state index contributed by atoms with van der Waals surface area (Å²) in [6.45, 7) is 5.31. The summed E-state index contributed by atoms with van der Waals surface area (Å²) in [5.74, 6) is -0.0858. The van der Waals surface area contributed by atoms with Gasteiger partial charge < -0.3 is 5.32 Å². The molecule has 5 heteroatoms. The quantitative estimate of drug-likeness (QED) is 0.684. The molecule has 128 valence electrons. The molecular weight excluding hydrogens is 330 g/mol. The molecule has 0 aliphatic carbocycles. The second-order valence-electron chi connectivity index (χ2n) is 5.97. The van der Waals surface area contributed by atoms with Crippen molar-refractivity contribution in [2.24, 2.45) is 0 Å². The molecule has 0 fully saturated rings. The first-order valence-corrected chi connectivity index (χ1v) is 9.06. The number of carbonyl (C=O) groups is 1. The normalized spacial score (nSPS) is 11.1. The highest BCUT2D eigenvalue weighted by molar-refractivity contribution is 7.10. The van der Waals surface area contributed by atoms with Crippen LogP contribution < -0.4 is 5.32 Å². The van der Waals surface area contributed by atoms with Crippen LogP contribution in [-0.2, 0) is 17.9 Å². The molecule has 0 spiro atoms. The molecule has 0 saturated heterocycles. The number of nitrogens with one attached hydrogen (secondary N) is 1. The maximum Gasteiger partial charge on any atom is 0.244 e. The van der Waals surface area contributed by atoms with Gasteiger partial charge in [0.25, 0.3) is 0 Å². The first-order valence-electron chi connectivity index (χ1n) is 8.18. The van der Waals surface area contributed by atoms with E-state index >= 15 is 0 Å². The highest BCUT2D eigenvalue weighted by atomic mass is 32.1. The fraction of sp³-hybridized carbons (Fsp3) is 0.200. The van der Waals surface area contributed by atoms with Gasteiger partial charge in [-0.25, -0.2) is 0 Å². The molecular formula is C20H21N3OS. The van der Waals surface area contributed by atoms with Crippen LogP contribution in [0.2, 0.25) is 0 Å². The number of amides is 1. The van der Waals surface area contributed by atoms with Gasteiger partial charge >= 0.3 is 0 Å². The monoisotopic (exact) mass is 351 g/mol. The van der Waals surface area contributed by atoms with E-state index in [9.17, 15) is 4.79 Å². The Morgan fingerprint density at radius 2 is 2.04 bits per heavy atom. The summed E-state index contributed by atoms with van der Waals surface area (Å²) in [5.41, 5.74) is 4.43. The van der Waals surface area contributed by atoms with Crippen LogP contribution in [0.1, 0.15) is 27.4 Å². The first-order chi connectivity index (χ1) is 12.1. The Hall–Kier alpha value is -2.66. The third-order valence-corrected chi connectivity index (χ3v) is 4.67. The van der Waals surface area contributed by atoms with Crippen LogP contribution in [0.25, 0.3) is 6.08 Å². The minimum atomic E-state index is -0.0858. The Balaban J connectivity index is 1.58. The molecule has 1 aromatic carbocycles. The lowest BCUT2D eigenvalue weighted by Crippen LogP contribution is -2.20.